The van der Waals surface area contributed by atoms with Gasteiger partial charge in [-0.3, -0.25) is 9.59 Å². The van der Waals surface area contributed by atoms with Gasteiger partial charge in [0.1, 0.15) is 0 Å². The zero-order chi connectivity index (χ0) is 29.3. The Bertz CT molecular complexity index is 1690. The number of hydrogen-bond donors (Lipinski definition) is 0. The van der Waals surface area contributed by atoms with Crippen molar-refractivity contribution in [2.45, 2.75) is 65.3 Å². The largest absolute Gasteiger partial charge is 0.365 e. The standard InChI is InChI=1S/C32H32N2O6S/c1-18(2)22-10-12-23(13-11-22)28(34(40-21(5)36)32-19(3)38-32)17-27(33-39-20(4)35)24-14-15-30-26(16-24)31(37)25-8-6-7-9-29(25)41-30/h6-16,18-19,28,32H,17H2,1-5H3/b33-27+. The van der Waals surface area contributed by atoms with Gasteiger partial charge in [0.05, 0.1) is 17.9 Å². The molecule has 1 fully saturated rings. The third kappa shape index (κ3) is 6.37. The molecule has 4 aromatic rings. The first-order valence-electron chi connectivity index (χ1n) is 13.5. The molecule has 0 aliphatic carbocycles. The topological polar surface area (TPSA) is 97.8 Å². The first kappa shape index (κ1) is 28.6. The second kappa shape index (κ2) is 11.9. The fourth-order valence-electron chi connectivity index (χ4n) is 4.83. The van der Waals surface area contributed by atoms with E-state index in [1.807, 2.05) is 67.6 Å². The fourth-order valence-corrected chi connectivity index (χ4v) is 5.89. The van der Waals surface area contributed by atoms with Crippen LogP contribution in [0.25, 0.3) is 20.2 Å². The minimum Gasteiger partial charge on any atom is -0.365 e. The van der Waals surface area contributed by atoms with Crippen molar-refractivity contribution in [3.05, 3.63) is 93.6 Å². The summed E-state index contributed by atoms with van der Waals surface area (Å²) in [6.07, 6.45) is -0.383. The Morgan fingerprint density at radius 2 is 1.61 bits per heavy atom. The minimum atomic E-state index is -0.574. The Morgan fingerprint density at radius 1 is 0.951 bits per heavy atom. The third-order valence-corrected chi connectivity index (χ3v) is 8.19. The van der Waals surface area contributed by atoms with Gasteiger partial charge in [-0.25, -0.2) is 4.79 Å². The highest BCUT2D eigenvalue weighted by molar-refractivity contribution is 7.24. The lowest BCUT2D eigenvalue weighted by Gasteiger charge is -2.29. The van der Waals surface area contributed by atoms with E-state index in [-0.39, 0.29) is 18.0 Å². The minimum absolute atomic E-state index is 0.0781. The Balaban J connectivity index is 1.61. The van der Waals surface area contributed by atoms with Crippen molar-refractivity contribution in [1.29, 1.82) is 0 Å². The molecule has 1 aliphatic heterocycles. The van der Waals surface area contributed by atoms with Crippen molar-refractivity contribution >= 4 is 49.2 Å². The molecule has 0 saturated carbocycles. The van der Waals surface area contributed by atoms with Crippen LogP contribution in [-0.2, 0) is 24.0 Å². The van der Waals surface area contributed by atoms with Gasteiger partial charge in [0, 0.05) is 46.0 Å². The van der Waals surface area contributed by atoms with E-state index in [1.54, 1.807) is 11.1 Å². The molecule has 1 aromatic heterocycles. The van der Waals surface area contributed by atoms with Crippen LogP contribution in [0.15, 0.2) is 76.7 Å². The van der Waals surface area contributed by atoms with E-state index >= 15 is 0 Å². The van der Waals surface area contributed by atoms with E-state index in [4.69, 9.17) is 14.4 Å². The zero-order valence-electron chi connectivity index (χ0n) is 23.6. The van der Waals surface area contributed by atoms with E-state index in [2.05, 4.69) is 19.0 Å². The highest BCUT2D eigenvalue weighted by atomic mass is 32.1. The number of fused-ring (bicyclic) bond motifs is 2. The molecule has 41 heavy (non-hydrogen) atoms. The summed E-state index contributed by atoms with van der Waals surface area (Å²) in [5.74, 6) is -0.712. The molecule has 0 spiro atoms. The Morgan fingerprint density at radius 3 is 2.24 bits per heavy atom. The smallest absolute Gasteiger partial charge is 0.331 e. The van der Waals surface area contributed by atoms with E-state index in [9.17, 15) is 14.4 Å². The van der Waals surface area contributed by atoms with Crippen LogP contribution in [0.5, 0.6) is 0 Å². The summed E-state index contributed by atoms with van der Waals surface area (Å²) in [4.78, 5) is 48.2. The number of epoxide rings is 1. The van der Waals surface area contributed by atoms with E-state index < -0.39 is 24.2 Å². The highest BCUT2D eigenvalue weighted by Crippen LogP contribution is 2.37. The molecule has 0 N–H and O–H groups in total. The molecule has 8 nitrogen and oxygen atoms in total. The first-order chi connectivity index (χ1) is 19.6. The molecule has 1 saturated heterocycles. The lowest BCUT2D eigenvalue weighted by molar-refractivity contribution is -0.213. The summed E-state index contributed by atoms with van der Waals surface area (Å²) in [6, 6.07) is 20.6. The number of hydrogen-bond acceptors (Lipinski definition) is 9. The van der Waals surface area contributed by atoms with E-state index in [0.717, 1.165) is 15.0 Å². The number of ether oxygens (including phenoxy) is 1. The van der Waals surface area contributed by atoms with Crippen LogP contribution < -0.4 is 5.43 Å². The van der Waals surface area contributed by atoms with Gasteiger partial charge < -0.3 is 14.4 Å². The van der Waals surface area contributed by atoms with Crippen molar-refractivity contribution in [3.63, 3.8) is 0 Å². The summed E-state index contributed by atoms with van der Waals surface area (Å²) in [7, 11) is 0. The highest BCUT2D eigenvalue weighted by Gasteiger charge is 2.46. The summed E-state index contributed by atoms with van der Waals surface area (Å²) in [5.41, 5.74) is 3.00. The van der Waals surface area contributed by atoms with Gasteiger partial charge in [-0.15, -0.1) is 16.4 Å². The summed E-state index contributed by atoms with van der Waals surface area (Å²) >= 11 is 1.54. The number of oxime groups is 1. The van der Waals surface area contributed by atoms with Crippen LogP contribution in [0.1, 0.15) is 69.7 Å². The first-order valence-corrected chi connectivity index (χ1v) is 14.4. The third-order valence-electron chi connectivity index (χ3n) is 7.04. The maximum absolute atomic E-state index is 13.4. The molecule has 0 bridgehead atoms. The van der Waals surface area contributed by atoms with Crippen LogP contribution in [0.3, 0.4) is 0 Å². The SMILES string of the molecule is CC(=O)O/N=C(\CC(c1ccc(C(C)C)cc1)N(OC(C)=O)C1OC1C)c1ccc2sc3ccccc3c(=O)c2c1. The van der Waals surface area contributed by atoms with E-state index in [0.29, 0.717) is 28.0 Å². The molecule has 2 heterocycles. The van der Waals surface area contributed by atoms with E-state index in [1.165, 1.54) is 30.7 Å². The quantitative estimate of drug-likeness (QED) is 0.0746. The number of carbonyl (C=O) groups is 2. The zero-order valence-corrected chi connectivity index (χ0v) is 24.4. The van der Waals surface area contributed by atoms with Crippen LogP contribution in [0, 0.1) is 0 Å². The molecule has 3 aromatic carbocycles. The Kier molecular flexibility index (Phi) is 8.30. The molecule has 3 atom stereocenters. The fraction of sp³-hybridized carbons (Fsp3) is 0.312. The van der Waals surface area contributed by atoms with Gasteiger partial charge in [0.2, 0.25) is 0 Å². The summed E-state index contributed by atoms with van der Waals surface area (Å²) in [6.45, 7) is 8.76. The normalized spacial score (nSPS) is 17.7. The average Bonchev–Trinajstić information content (AvgIpc) is 3.68. The van der Waals surface area contributed by atoms with Crippen LogP contribution in [-0.4, -0.2) is 35.0 Å². The molecule has 5 rings (SSSR count). The number of rotatable bonds is 9. The predicted molar refractivity (Wildman–Crippen MR) is 160 cm³/mol. The number of hydroxylamine groups is 2. The number of carbonyl (C=O) groups excluding carboxylic acids is 2. The van der Waals surface area contributed by atoms with Crippen LogP contribution in [0.4, 0.5) is 0 Å². The van der Waals surface area contributed by atoms with Gasteiger partial charge in [-0.05, 0) is 48.2 Å². The van der Waals surface area contributed by atoms with Crippen molar-refractivity contribution in [2.75, 3.05) is 0 Å². The van der Waals surface area contributed by atoms with Gasteiger partial charge in [0.25, 0.3) is 0 Å². The molecule has 212 valence electrons. The number of benzene rings is 3. The Hall–Kier alpha value is -3.92. The lowest BCUT2D eigenvalue weighted by atomic mass is 9.94. The monoisotopic (exact) mass is 572 g/mol. The molecule has 0 amide bonds. The predicted octanol–water partition coefficient (Wildman–Crippen LogP) is 6.46. The summed E-state index contributed by atoms with van der Waals surface area (Å²) in [5, 5.41) is 6.97. The summed E-state index contributed by atoms with van der Waals surface area (Å²) < 4.78 is 7.48. The second-order valence-corrected chi connectivity index (χ2v) is 11.6. The molecule has 1 aliphatic rings. The van der Waals surface area contributed by atoms with Crippen LogP contribution in [0.2, 0.25) is 0 Å². The van der Waals surface area contributed by atoms with Crippen molar-refractivity contribution in [1.82, 2.24) is 5.06 Å². The maximum atomic E-state index is 13.4. The Labute approximate surface area is 242 Å². The van der Waals surface area contributed by atoms with Gasteiger partial charge in [-0.2, -0.15) is 0 Å². The van der Waals surface area contributed by atoms with Crippen molar-refractivity contribution < 1.29 is 24.0 Å². The second-order valence-electron chi connectivity index (χ2n) is 10.5. The van der Waals surface area contributed by atoms with Crippen LogP contribution >= 0.6 is 11.3 Å². The maximum Gasteiger partial charge on any atom is 0.331 e. The number of nitrogens with zero attached hydrogens (tertiary/aromatic N) is 2. The molecular formula is C32H32N2O6S. The van der Waals surface area contributed by atoms with Gasteiger partial charge in [-0.1, -0.05) is 61.5 Å². The molecular weight excluding hydrogens is 540 g/mol. The van der Waals surface area contributed by atoms with Gasteiger partial charge in [0.15, 0.2) is 11.7 Å². The average molecular weight is 573 g/mol. The molecule has 9 heteroatoms. The lowest BCUT2D eigenvalue weighted by Crippen LogP contribution is -2.36. The molecule has 0 radical (unpaired) electrons. The van der Waals surface area contributed by atoms with Crippen molar-refractivity contribution in [2.24, 2.45) is 5.16 Å². The van der Waals surface area contributed by atoms with Gasteiger partial charge >= 0.3 is 11.9 Å². The molecule has 3 unspecified atom stereocenters. The van der Waals surface area contributed by atoms with Crippen molar-refractivity contribution in [3.8, 4) is 0 Å².